The number of hydrogen-bond donors (Lipinski definition) is 1. The number of carbonyl (C=O) groups is 1. The molecular formula is C15H20N2O2. The van der Waals surface area contributed by atoms with E-state index in [9.17, 15) is 4.79 Å². The van der Waals surface area contributed by atoms with Crippen LogP contribution in [0.4, 0.5) is 0 Å². The molecule has 0 aliphatic carbocycles. The van der Waals surface area contributed by atoms with Crippen molar-refractivity contribution >= 4 is 5.91 Å². The predicted octanol–water partition coefficient (Wildman–Crippen LogP) is 2.48. The van der Waals surface area contributed by atoms with Gasteiger partial charge in [0.15, 0.2) is 0 Å². The summed E-state index contributed by atoms with van der Waals surface area (Å²) in [7, 11) is 1.64. The standard InChI is InChI=1S/C15H20N2O2/c1-10-11(2)13(19-5)7-6-12(10)8-17-14(18)15(3,4)9-16/h6-7H,8H2,1-5H3,(H,17,18). The number of nitriles is 1. The zero-order chi connectivity index (χ0) is 14.6. The Morgan fingerprint density at radius 2 is 2.00 bits per heavy atom. The van der Waals surface area contributed by atoms with Crippen molar-refractivity contribution in [2.45, 2.75) is 34.2 Å². The molecule has 4 heteroatoms. The Morgan fingerprint density at radius 3 is 2.53 bits per heavy atom. The van der Waals surface area contributed by atoms with Crippen LogP contribution in [0.3, 0.4) is 0 Å². The number of rotatable bonds is 4. The van der Waals surface area contributed by atoms with Crippen LogP contribution >= 0.6 is 0 Å². The zero-order valence-corrected chi connectivity index (χ0v) is 12.1. The lowest BCUT2D eigenvalue weighted by atomic mass is 9.94. The van der Waals surface area contributed by atoms with Crippen LogP contribution in [0.2, 0.25) is 0 Å². The lowest BCUT2D eigenvalue weighted by molar-refractivity contribution is -0.126. The first-order valence-corrected chi connectivity index (χ1v) is 6.16. The Morgan fingerprint density at radius 1 is 1.37 bits per heavy atom. The molecule has 0 radical (unpaired) electrons. The molecule has 0 fully saturated rings. The van der Waals surface area contributed by atoms with E-state index in [0.717, 1.165) is 22.4 Å². The second-order valence-electron chi connectivity index (χ2n) is 5.10. The lowest BCUT2D eigenvalue weighted by Gasteiger charge is -2.17. The van der Waals surface area contributed by atoms with Crippen molar-refractivity contribution in [3.63, 3.8) is 0 Å². The van der Waals surface area contributed by atoms with E-state index in [4.69, 9.17) is 10.00 Å². The van der Waals surface area contributed by atoms with E-state index in [1.165, 1.54) is 0 Å². The largest absolute Gasteiger partial charge is 0.496 e. The van der Waals surface area contributed by atoms with Crippen LogP contribution in [0.25, 0.3) is 0 Å². The van der Waals surface area contributed by atoms with Crippen molar-refractivity contribution < 1.29 is 9.53 Å². The fourth-order valence-electron chi connectivity index (χ4n) is 1.71. The van der Waals surface area contributed by atoms with Crippen molar-refractivity contribution in [2.75, 3.05) is 7.11 Å². The third-order valence-electron chi connectivity index (χ3n) is 3.36. The van der Waals surface area contributed by atoms with Crippen LogP contribution < -0.4 is 10.1 Å². The number of hydrogen-bond acceptors (Lipinski definition) is 3. The summed E-state index contributed by atoms with van der Waals surface area (Å²) in [5.41, 5.74) is 2.18. The minimum absolute atomic E-state index is 0.261. The van der Waals surface area contributed by atoms with Crippen LogP contribution in [0.15, 0.2) is 12.1 Å². The zero-order valence-electron chi connectivity index (χ0n) is 12.1. The number of nitrogens with zero attached hydrogens (tertiary/aromatic N) is 1. The van der Waals surface area contributed by atoms with E-state index < -0.39 is 5.41 Å². The molecule has 1 aromatic carbocycles. The van der Waals surface area contributed by atoms with Gasteiger partial charge < -0.3 is 10.1 Å². The van der Waals surface area contributed by atoms with Crippen molar-refractivity contribution in [3.8, 4) is 11.8 Å². The highest BCUT2D eigenvalue weighted by atomic mass is 16.5. The van der Waals surface area contributed by atoms with Gasteiger partial charge in [0.25, 0.3) is 0 Å². The molecule has 0 saturated heterocycles. The van der Waals surface area contributed by atoms with Gasteiger partial charge in [0, 0.05) is 6.54 Å². The molecule has 0 aliphatic heterocycles. The van der Waals surface area contributed by atoms with E-state index >= 15 is 0 Å². The molecule has 0 saturated carbocycles. The van der Waals surface area contributed by atoms with E-state index in [1.54, 1.807) is 21.0 Å². The molecule has 4 nitrogen and oxygen atoms in total. The van der Waals surface area contributed by atoms with E-state index in [2.05, 4.69) is 5.32 Å². The minimum Gasteiger partial charge on any atom is -0.496 e. The summed E-state index contributed by atoms with van der Waals surface area (Å²) < 4.78 is 5.25. The number of amides is 1. The maximum absolute atomic E-state index is 11.8. The van der Waals surface area contributed by atoms with Crippen LogP contribution in [-0.2, 0) is 11.3 Å². The minimum atomic E-state index is -1.00. The molecule has 0 heterocycles. The summed E-state index contributed by atoms with van der Waals surface area (Å²) in [6.45, 7) is 7.61. The summed E-state index contributed by atoms with van der Waals surface area (Å²) in [5, 5.41) is 11.7. The summed E-state index contributed by atoms with van der Waals surface area (Å²) in [6.07, 6.45) is 0. The van der Waals surface area contributed by atoms with Gasteiger partial charge in [-0.1, -0.05) is 6.07 Å². The van der Waals surface area contributed by atoms with Crippen molar-refractivity contribution in [2.24, 2.45) is 5.41 Å². The number of nitrogens with one attached hydrogen (secondary N) is 1. The second-order valence-corrected chi connectivity index (χ2v) is 5.10. The molecule has 102 valence electrons. The van der Waals surface area contributed by atoms with Gasteiger partial charge in [-0.2, -0.15) is 5.26 Å². The first-order chi connectivity index (χ1) is 8.83. The first kappa shape index (κ1) is 15.0. The molecule has 1 N–H and O–H groups in total. The van der Waals surface area contributed by atoms with Gasteiger partial charge in [-0.15, -0.1) is 0 Å². The number of ether oxygens (including phenoxy) is 1. The Hall–Kier alpha value is -2.02. The molecular weight excluding hydrogens is 240 g/mol. The summed E-state index contributed by atoms with van der Waals surface area (Å²) in [6, 6.07) is 5.81. The monoisotopic (exact) mass is 260 g/mol. The van der Waals surface area contributed by atoms with E-state index in [1.807, 2.05) is 32.0 Å². The Balaban J connectivity index is 2.83. The average Bonchev–Trinajstić information content (AvgIpc) is 2.40. The highest BCUT2D eigenvalue weighted by Crippen LogP contribution is 2.24. The third-order valence-corrected chi connectivity index (χ3v) is 3.36. The Bertz CT molecular complexity index is 528. The number of methoxy groups -OCH3 is 1. The van der Waals surface area contributed by atoms with Gasteiger partial charge in [-0.05, 0) is 50.5 Å². The molecule has 0 aromatic heterocycles. The molecule has 0 bridgehead atoms. The van der Waals surface area contributed by atoms with Crippen molar-refractivity contribution in [3.05, 3.63) is 28.8 Å². The second kappa shape index (κ2) is 5.75. The summed E-state index contributed by atoms with van der Waals surface area (Å²) in [5.74, 6) is 0.577. The maximum Gasteiger partial charge on any atom is 0.240 e. The number of benzene rings is 1. The van der Waals surface area contributed by atoms with Gasteiger partial charge in [0.2, 0.25) is 5.91 Å². The van der Waals surface area contributed by atoms with Gasteiger partial charge in [-0.25, -0.2) is 0 Å². The average molecular weight is 260 g/mol. The van der Waals surface area contributed by atoms with Gasteiger partial charge >= 0.3 is 0 Å². The fourth-order valence-corrected chi connectivity index (χ4v) is 1.71. The first-order valence-electron chi connectivity index (χ1n) is 6.16. The maximum atomic E-state index is 11.8. The van der Waals surface area contributed by atoms with Gasteiger partial charge in [-0.3, -0.25) is 4.79 Å². The highest BCUT2D eigenvalue weighted by molar-refractivity contribution is 5.84. The molecule has 0 unspecified atom stereocenters. The summed E-state index contributed by atoms with van der Waals surface area (Å²) in [4.78, 5) is 11.8. The Labute approximate surface area is 114 Å². The molecule has 0 spiro atoms. The smallest absolute Gasteiger partial charge is 0.240 e. The van der Waals surface area contributed by atoms with Crippen LogP contribution in [0.5, 0.6) is 5.75 Å². The predicted molar refractivity (Wildman–Crippen MR) is 73.7 cm³/mol. The highest BCUT2D eigenvalue weighted by Gasteiger charge is 2.26. The topological polar surface area (TPSA) is 62.1 Å². The van der Waals surface area contributed by atoms with E-state index in [-0.39, 0.29) is 5.91 Å². The van der Waals surface area contributed by atoms with Crippen LogP contribution in [0.1, 0.15) is 30.5 Å². The van der Waals surface area contributed by atoms with Gasteiger partial charge in [0.05, 0.1) is 13.2 Å². The van der Waals surface area contributed by atoms with Gasteiger partial charge in [0.1, 0.15) is 11.2 Å². The quantitative estimate of drug-likeness (QED) is 0.904. The molecule has 1 amide bonds. The molecule has 0 atom stereocenters. The third kappa shape index (κ3) is 3.25. The SMILES string of the molecule is COc1ccc(CNC(=O)C(C)(C)C#N)c(C)c1C. The molecule has 1 rings (SSSR count). The molecule has 1 aromatic rings. The molecule has 0 aliphatic rings. The number of carbonyl (C=O) groups excluding carboxylic acids is 1. The van der Waals surface area contributed by atoms with E-state index in [0.29, 0.717) is 6.54 Å². The van der Waals surface area contributed by atoms with Crippen molar-refractivity contribution in [1.82, 2.24) is 5.32 Å². The normalized spacial score (nSPS) is 10.7. The Kier molecular flexibility index (Phi) is 4.55. The lowest BCUT2D eigenvalue weighted by Crippen LogP contribution is -2.35. The van der Waals surface area contributed by atoms with Crippen molar-refractivity contribution in [1.29, 1.82) is 5.26 Å². The van der Waals surface area contributed by atoms with Crippen LogP contribution in [-0.4, -0.2) is 13.0 Å². The fraction of sp³-hybridized carbons (Fsp3) is 0.467. The van der Waals surface area contributed by atoms with Crippen LogP contribution in [0, 0.1) is 30.6 Å². The molecule has 19 heavy (non-hydrogen) atoms. The summed E-state index contributed by atoms with van der Waals surface area (Å²) >= 11 is 0.